The van der Waals surface area contributed by atoms with Crippen molar-refractivity contribution in [3.63, 3.8) is 0 Å². The van der Waals surface area contributed by atoms with Crippen LogP contribution in [0.2, 0.25) is 0 Å². The molecule has 1 fully saturated rings. The van der Waals surface area contributed by atoms with E-state index in [4.69, 9.17) is 4.74 Å². The van der Waals surface area contributed by atoms with Crippen LogP contribution in [0.4, 0.5) is 0 Å². The number of hydrogen-bond donors (Lipinski definition) is 1. The summed E-state index contributed by atoms with van der Waals surface area (Å²) >= 11 is 0. The molecule has 0 aromatic carbocycles. The molecular formula is C7H14ClNO2. The number of carbonyl (C=O) groups excluding carboxylic acids is 1. The molecule has 0 bridgehead atoms. The lowest BCUT2D eigenvalue weighted by molar-refractivity contribution is -0.147. The predicted molar refractivity (Wildman–Crippen MR) is 44.9 cm³/mol. The van der Waals surface area contributed by atoms with Crippen molar-refractivity contribution in [1.82, 2.24) is 5.32 Å². The Kier molecular flexibility index (Phi) is 5.24. The number of ether oxygens (including phenoxy) is 1. The van der Waals surface area contributed by atoms with Gasteiger partial charge in [0, 0.05) is 6.54 Å². The first-order valence-electron chi connectivity index (χ1n) is 3.72. The van der Waals surface area contributed by atoms with Crippen LogP contribution in [-0.2, 0) is 9.53 Å². The van der Waals surface area contributed by atoms with E-state index in [2.05, 4.69) is 5.32 Å². The minimum Gasteiger partial charge on any atom is -0.466 e. The van der Waals surface area contributed by atoms with Crippen LogP contribution < -0.4 is 5.32 Å². The zero-order chi connectivity index (χ0) is 7.40. The Morgan fingerprint density at radius 2 is 2.45 bits per heavy atom. The molecular weight excluding hydrogens is 166 g/mol. The second kappa shape index (κ2) is 5.38. The van der Waals surface area contributed by atoms with Crippen LogP contribution in [0, 0.1) is 5.92 Å². The second-order valence-corrected chi connectivity index (χ2v) is 2.44. The number of carbonyl (C=O) groups is 1. The highest BCUT2D eigenvalue weighted by molar-refractivity contribution is 5.85. The van der Waals surface area contributed by atoms with E-state index in [-0.39, 0.29) is 24.3 Å². The Balaban J connectivity index is 0.000001000. The van der Waals surface area contributed by atoms with Crippen LogP contribution in [0.5, 0.6) is 0 Å². The second-order valence-electron chi connectivity index (χ2n) is 2.44. The summed E-state index contributed by atoms with van der Waals surface area (Å²) in [6, 6.07) is 0. The minimum atomic E-state index is -0.0486. The van der Waals surface area contributed by atoms with Gasteiger partial charge in [-0.2, -0.15) is 0 Å². The van der Waals surface area contributed by atoms with E-state index in [1.165, 1.54) is 0 Å². The number of nitrogens with one attached hydrogen (secondary N) is 1. The highest BCUT2D eigenvalue weighted by atomic mass is 35.5. The fourth-order valence-corrected chi connectivity index (χ4v) is 1.12. The van der Waals surface area contributed by atoms with Gasteiger partial charge >= 0.3 is 5.97 Å². The molecule has 1 heterocycles. The number of halogens is 1. The van der Waals surface area contributed by atoms with Crippen molar-refractivity contribution in [2.75, 3.05) is 19.7 Å². The maximum absolute atomic E-state index is 11.0. The standard InChI is InChI=1S/C7H13NO2.ClH/c1-2-10-7(9)6-3-4-8-5-6;/h6,8H,2-5H2,1H3;1H. The van der Waals surface area contributed by atoms with Gasteiger partial charge in [-0.05, 0) is 19.9 Å². The Morgan fingerprint density at radius 3 is 2.91 bits per heavy atom. The monoisotopic (exact) mass is 179 g/mol. The van der Waals surface area contributed by atoms with Gasteiger partial charge in [0.2, 0.25) is 0 Å². The first-order chi connectivity index (χ1) is 4.84. The summed E-state index contributed by atoms with van der Waals surface area (Å²) in [5.74, 6) is 0.0625. The van der Waals surface area contributed by atoms with E-state index < -0.39 is 0 Å². The minimum absolute atomic E-state index is 0. The molecule has 0 saturated carbocycles. The molecule has 0 amide bonds. The van der Waals surface area contributed by atoms with Crippen molar-refractivity contribution in [1.29, 1.82) is 0 Å². The average molecular weight is 180 g/mol. The van der Waals surface area contributed by atoms with E-state index in [1.54, 1.807) is 0 Å². The number of hydrogen-bond acceptors (Lipinski definition) is 3. The first kappa shape index (κ1) is 10.7. The van der Waals surface area contributed by atoms with Crippen LogP contribution in [0.15, 0.2) is 0 Å². The largest absolute Gasteiger partial charge is 0.466 e. The van der Waals surface area contributed by atoms with Crippen molar-refractivity contribution in [3.05, 3.63) is 0 Å². The van der Waals surface area contributed by atoms with Gasteiger partial charge in [-0.25, -0.2) is 0 Å². The predicted octanol–water partition coefficient (Wildman–Crippen LogP) is 0.581. The van der Waals surface area contributed by atoms with Gasteiger partial charge in [0.25, 0.3) is 0 Å². The molecule has 0 aromatic heterocycles. The molecule has 0 spiro atoms. The lowest BCUT2D eigenvalue weighted by Crippen LogP contribution is -2.19. The van der Waals surface area contributed by atoms with Gasteiger partial charge in [0.05, 0.1) is 12.5 Å². The van der Waals surface area contributed by atoms with Crippen molar-refractivity contribution >= 4 is 18.4 Å². The zero-order valence-corrected chi connectivity index (χ0v) is 7.45. The van der Waals surface area contributed by atoms with Crippen LogP contribution in [-0.4, -0.2) is 25.7 Å². The molecule has 1 N–H and O–H groups in total. The van der Waals surface area contributed by atoms with Crippen molar-refractivity contribution in [2.45, 2.75) is 13.3 Å². The zero-order valence-electron chi connectivity index (χ0n) is 6.63. The molecule has 1 aliphatic heterocycles. The lowest BCUT2D eigenvalue weighted by atomic mass is 10.1. The summed E-state index contributed by atoms with van der Waals surface area (Å²) in [6.07, 6.45) is 0.929. The summed E-state index contributed by atoms with van der Waals surface area (Å²) in [4.78, 5) is 11.0. The van der Waals surface area contributed by atoms with Gasteiger partial charge in [-0.1, -0.05) is 0 Å². The van der Waals surface area contributed by atoms with Crippen LogP contribution in [0.25, 0.3) is 0 Å². The molecule has 0 radical (unpaired) electrons. The van der Waals surface area contributed by atoms with E-state index >= 15 is 0 Å². The summed E-state index contributed by atoms with van der Waals surface area (Å²) in [5.41, 5.74) is 0. The smallest absolute Gasteiger partial charge is 0.310 e. The Morgan fingerprint density at radius 1 is 1.73 bits per heavy atom. The van der Waals surface area contributed by atoms with Gasteiger partial charge in [0.1, 0.15) is 0 Å². The third-order valence-electron chi connectivity index (χ3n) is 1.68. The maximum Gasteiger partial charge on any atom is 0.310 e. The van der Waals surface area contributed by atoms with E-state index in [0.29, 0.717) is 6.61 Å². The normalized spacial score (nSPS) is 22.5. The molecule has 1 aliphatic rings. The fourth-order valence-electron chi connectivity index (χ4n) is 1.12. The van der Waals surface area contributed by atoms with Crippen LogP contribution >= 0.6 is 12.4 Å². The summed E-state index contributed by atoms with van der Waals surface area (Å²) < 4.78 is 4.85. The first-order valence-corrected chi connectivity index (χ1v) is 3.72. The Hall–Kier alpha value is -0.280. The molecule has 1 unspecified atom stereocenters. The van der Waals surface area contributed by atoms with Gasteiger partial charge in [-0.3, -0.25) is 4.79 Å². The van der Waals surface area contributed by atoms with E-state index in [9.17, 15) is 4.79 Å². The Labute approximate surface area is 72.9 Å². The molecule has 3 nitrogen and oxygen atoms in total. The van der Waals surface area contributed by atoms with Crippen molar-refractivity contribution in [3.8, 4) is 0 Å². The lowest BCUT2D eigenvalue weighted by Gasteiger charge is -2.05. The number of esters is 1. The molecule has 1 rings (SSSR count). The summed E-state index contributed by atoms with van der Waals surface area (Å²) in [7, 11) is 0. The quantitative estimate of drug-likeness (QED) is 0.631. The molecule has 4 heteroatoms. The van der Waals surface area contributed by atoms with Crippen LogP contribution in [0.1, 0.15) is 13.3 Å². The molecule has 1 saturated heterocycles. The fraction of sp³-hybridized carbons (Fsp3) is 0.857. The molecule has 11 heavy (non-hydrogen) atoms. The van der Waals surface area contributed by atoms with E-state index in [0.717, 1.165) is 19.5 Å². The number of rotatable bonds is 2. The Bertz CT molecular complexity index is 124. The summed E-state index contributed by atoms with van der Waals surface area (Å²) in [6.45, 7) is 4.07. The maximum atomic E-state index is 11.0. The topological polar surface area (TPSA) is 38.3 Å². The van der Waals surface area contributed by atoms with Gasteiger partial charge < -0.3 is 10.1 Å². The van der Waals surface area contributed by atoms with Crippen LogP contribution in [0.3, 0.4) is 0 Å². The highest BCUT2D eigenvalue weighted by Crippen LogP contribution is 2.08. The molecule has 0 aliphatic carbocycles. The molecule has 66 valence electrons. The van der Waals surface area contributed by atoms with Crippen molar-refractivity contribution in [2.24, 2.45) is 5.92 Å². The van der Waals surface area contributed by atoms with E-state index in [1.807, 2.05) is 6.92 Å². The molecule has 0 aromatic rings. The summed E-state index contributed by atoms with van der Waals surface area (Å²) in [5, 5.41) is 3.11. The highest BCUT2D eigenvalue weighted by Gasteiger charge is 2.22. The van der Waals surface area contributed by atoms with Crippen molar-refractivity contribution < 1.29 is 9.53 Å². The van der Waals surface area contributed by atoms with Gasteiger partial charge in [-0.15, -0.1) is 12.4 Å². The van der Waals surface area contributed by atoms with Gasteiger partial charge in [0.15, 0.2) is 0 Å². The average Bonchev–Trinajstić information content (AvgIpc) is 2.38. The third kappa shape index (κ3) is 3.08. The third-order valence-corrected chi connectivity index (χ3v) is 1.68. The molecule has 1 atom stereocenters. The SMILES string of the molecule is CCOC(=O)C1CCNC1.Cl.